The van der Waals surface area contributed by atoms with Gasteiger partial charge in [0.15, 0.2) is 16.1 Å². The van der Waals surface area contributed by atoms with Gasteiger partial charge in [-0.05, 0) is 173 Å². The van der Waals surface area contributed by atoms with Gasteiger partial charge in [0.2, 0.25) is 0 Å². The minimum Gasteiger partial charge on any atom is -0.355 e. The minimum absolute atomic E-state index is 1.10. The van der Waals surface area contributed by atoms with Crippen molar-refractivity contribution in [1.29, 1.82) is 0 Å². The summed E-state index contributed by atoms with van der Waals surface area (Å²) in [6, 6.07) is 179. The highest BCUT2D eigenvalue weighted by Gasteiger charge is 2.43. The number of rotatable bonds is 13. The van der Waals surface area contributed by atoms with Gasteiger partial charge in [0.05, 0.1) is 33.1 Å². The van der Waals surface area contributed by atoms with Crippen LogP contribution in [0.5, 0.6) is 0 Å². The first kappa shape index (κ1) is 77.5. The number of H-pyrrole nitrogens is 1. The Morgan fingerprint density at radius 1 is 0.194 bits per heavy atom. The zero-order valence-electron chi connectivity index (χ0n) is 70.2. The summed E-state index contributed by atoms with van der Waals surface area (Å²) < 4.78 is 13.7. The fourth-order valence-electron chi connectivity index (χ4n) is 20.8. The van der Waals surface area contributed by atoms with E-state index in [0.29, 0.717) is 0 Å². The van der Waals surface area contributed by atoms with Gasteiger partial charge in [0, 0.05) is 116 Å². The second kappa shape index (κ2) is 32.4. The van der Waals surface area contributed by atoms with Crippen LogP contribution in [0.1, 0.15) is 0 Å². The molecule has 0 unspecified atom stereocenters. The quantitative estimate of drug-likeness (QED) is 0.0881. The molecule has 26 rings (SSSR count). The third-order valence-electron chi connectivity index (χ3n) is 26.6. The molecule has 129 heavy (non-hydrogen) atoms. The number of benzene rings is 20. The summed E-state index contributed by atoms with van der Waals surface area (Å²) in [6.45, 7) is 0. The number of hydrogen-bond donors (Lipinski definition) is 1. The molecular formula is C120H81BrN4S2Si2. The van der Waals surface area contributed by atoms with Gasteiger partial charge in [-0.2, -0.15) is 0 Å². The van der Waals surface area contributed by atoms with Crippen LogP contribution in [0.4, 0.5) is 0 Å². The normalized spacial score (nSPS) is 11.9. The summed E-state index contributed by atoms with van der Waals surface area (Å²) >= 11 is 7.44. The molecule has 0 radical (unpaired) electrons. The molecule has 6 aromatic heterocycles. The fraction of sp³-hybridized carbons (Fsp3) is 0. The molecule has 0 bridgehead atoms. The van der Waals surface area contributed by atoms with Crippen molar-refractivity contribution in [2.75, 3.05) is 0 Å². The van der Waals surface area contributed by atoms with E-state index in [-0.39, 0.29) is 0 Å². The van der Waals surface area contributed by atoms with Gasteiger partial charge < -0.3 is 18.7 Å². The standard InChI is InChI=1S/C60H40N2SSi.C36H25BrSSi.C24H16N2/c1-3-16-44(17-4-1)64(45-18-5-2-6-19-45,46-35-30-41(31-36-46)48-24-15-25-53-52-23-10-14-29-59(52)63-60(48)53)47-37-32-42(33-38-47)61-57-28-13-9-22-51(57)54-40-43(34-39-58(54)61)62-55-26-11-7-20-49(55)50-21-8-12-27-56(50)62;37-27-20-24-31(25-21-27)39(28-10-3-1-4-11-28,29-12-5-2-6-13-29)30-22-18-26(19-23-30)32-15-9-16-34-33-14-7-8-17-35(33)38-36(32)34;1-4-10-21-17(7-1)20-15-16(13-14-22(20)25-21)26-23-11-5-2-8-18(23)19-9-3-6-12-24(19)26/h1-40H;1-25H;1-15,25H. The van der Waals surface area contributed by atoms with E-state index in [1.165, 1.54) is 197 Å². The number of fused-ring (bicyclic) bond motifs is 18. The number of para-hydroxylation sites is 6. The van der Waals surface area contributed by atoms with Crippen LogP contribution in [-0.4, -0.2) is 34.8 Å². The summed E-state index contributed by atoms with van der Waals surface area (Å²) in [6.07, 6.45) is 0. The highest BCUT2D eigenvalue weighted by atomic mass is 79.9. The summed E-state index contributed by atoms with van der Waals surface area (Å²) in [7, 11) is -5.36. The Labute approximate surface area is 765 Å². The van der Waals surface area contributed by atoms with Crippen LogP contribution in [0.3, 0.4) is 0 Å². The molecule has 0 amide bonds. The number of nitrogens with one attached hydrogen (secondary N) is 1. The van der Waals surface area contributed by atoms with Gasteiger partial charge in [-0.1, -0.05) is 392 Å². The zero-order chi connectivity index (χ0) is 85.5. The molecule has 0 atom stereocenters. The van der Waals surface area contributed by atoms with Crippen molar-refractivity contribution >= 4 is 224 Å². The molecule has 0 saturated carbocycles. The predicted molar refractivity (Wildman–Crippen MR) is 563 cm³/mol. The van der Waals surface area contributed by atoms with Crippen molar-refractivity contribution in [3.05, 3.63) is 490 Å². The van der Waals surface area contributed by atoms with Crippen molar-refractivity contribution in [2.24, 2.45) is 0 Å². The van der Waals surface area contributed by atoms with E-state index < -0.39 is 16.1 Å². The van der Waals surface area contributed by atoms with Gasteiger partial charge in [0.25, 0.3) is 0 Å². The Morgan fingerprint density at radius 3 is 0.884 bits per heavy atom. The Morgan fingerprint density at radius 2 is 0.473 bits per heavy atom. The van der Waals surface area contributed by atoms with Crippen molar-refractivity contribution in [3.8, 4) is 39.3 Å². The topological polar surface area (TPSA) is 30.6 Å². The van der Waals surface area contributed by atoms with Crippen molar-refractivity contribution in [3.63, 3.8) is 0 Å². The van der Waals surface area contributed by atoms with E-state index in [4.69, 9.17) is 0 Å². The summed E-state index contributed by atoms with van der Waals surface area (Å²) in [5.41, 5.74) is 18.3. The largest absolute Gasteiger partial charge is 0.355 e. The molecule has 0 aliphatic carbocycles. The highest BCUT2D eigenvalue weighted by molar-refractivity contribution is 9.10. The van der Waals surface area contributed by atoms with Crippen molar-refractivity contribution < 1.29 is 0 Å². The monoisotopic (exact) mass is 1780 g/mol. The Kier molecular flexibility index (Phi) is 19.5. The smallest absolute Gasteiger partial charge is 0.179 e. The lowest BCUT2D eigenvalue weighted by Gasteiger charge is -2.34. The average molecular weight is 1780 g/mol. The maximum atomic E-state index is 3.67. The van der Waals surface area contributed by atoms with E-state index in [0.717, 1.165) is 15.8 Å². The number of hydrogen-bond acceptors (Lipinski definition) is 2. The highest BCUT2D eigenvalue weighted by Crippen LogP contribution is 2.44. The number of aromatic amines is 1. The lowest BCUT2D eigenvalue weighted by atomic mass is 10.0. The van der Waals surface area contributed by atoms with Crippen LogP contribution in [0.25, 0.3) is 167 Å². The fourth-order valence-corrected chi connectivity index (χ4v) is 33.0. The van der Waals surface area contributed by atoms with Gasteiger partial charge in [-0.3, -0.25) is 0 Å². The van der Waals surface area contributed by atoms with E-state index in [1.54, 1.807) is 0 Å². The number of aromatic nitrogens is 4. The predicted octanol–water partition coefficient (Wildman–Crippen LogP) is 27.6. The van der Waals surface area contributed by atoms with E-state index in [2.05, 4.69) is 520 Å². The molecule has 0 aliphatic heterocycles. The van der Waals surface area contributed by atoms with Crippen molar-refractivity contribution in [1.82, 2.24) is 18.7 Å². The minimum atomic E-state index is -2.81. The first-order chi connectivity index (χ1) is 63.9. The van der Waals surface area contributed by atoms with Crippen LogP contribution in [0.15, 0.2) is 490 Å². The average Bonchev–Trinajstić information content (AvgIpc) is 1.67. The molecule has 20 aromatic carbocycles. The molecule has 0 aliphatic rings. The third-order valence-corrected chi connectivity index (χ3v) is 39.1. The second-order valence-electron chi connectivity index (χ2n) is 33.4. The van der Waals surface area contributed by atoms with Gasteiger partial charge in [0.1, 0.15) is 0 Å². The Bertz CT molecular complexity index is 8550. The number of nitrogens with zero attached hydrogens (tertiary/aromatic N) is 3. The molecule has 608 valence electrons. The lowest BCUT2D eigenvalue weighted by Crippen LogP contribution is -2.74. The molecule has 1 N–H and O–H groups in total. The Balaban J connectivity index is 0.000000120. The van der Waals surface area contributed by atoms with Crippen LogP contribution in [0.2, 0.25) is 0 Å². The molecule has 0 spiro atoms. The van der Waals surface area contributed by atoms with E-state index in [1.807, 2.05) is 22.7 Å². The molecule has 9 heteroatoms. The molecular weight excluding hydrogens is 1700 g/mol. The first-order valence-corrected chi connectivity index (χ1v) is 50.5. The molecule has 0 fully saturated rings. The van der Waals surface area contributed by atoms with E-state index >= 15 is 0 Å². The lowest BCUT2D eigenvalue weighted by molar-refractivity contribution is 1.17. The summed E-state index contributed by atoms with van der Waals surface area (Å²) in [5.74, 6) is 0. The molecule has 4 nitrogen and oxygen atoms in total. The molecule has 0 saturated heterocycles. The van der Waals surface area contributed by atoms with Crippen LogP contribution in [0, 0.1) is 0 Å². The molecule has 26 aromatic rings. The third kappa shape index (κ3) is 13.0. The van der Waals surface area contributed by atoms with Gasteiger partial charge in [-0.25, -0.2) is 0 Å². The van der Waals surface area contributed by atoms with Crippen LogP contribution < -0.4 is 41.5 Å². The van der Waals surface area contributed by atoms with Gasteiger partial charge in [-0.15, -0.1) is 22.7 Å². The van der Waals surface area contributed by atoms with E-state index in [9.17, 15) is 0 Å². The second-order valence-corrected chi connectivity index (χ2v) is 44.1. The number of thiophene rings is 2. The maximum absolute atomic E-state index is 3.67. The van der Waals surface area contributed by atoms with Crippen LogP contribution in [-0.2, 0) is 0 Å². The molecule has 6 heterocycles. The van der Waals surface area contributed by atoms with Crippen molar-refractivity contribution in [2.45, 2.75) is 0 Å². The summed E-state index contributed by atoms with van der Waals surface area (Å²) in [5, 5.41) is 26.4. The Hall–Kier alpha value is -15.0. The summed E-state index contributed by atoms with van der Waals surface area (Å²) in [4.78, 5) is 3.52. The van der Waals surface area contributed by atoms with Gasteiger partial charge >= 0.3 is 0 Å². The number of halogens is 1. The zero-order valence-corrected chi connectivity index (χ0v) is 75.4. The first-order valence-electron chi connectivity index (χ1n) is 44.0. The van der Waals surface area contributed by atoms with Crippen LogP contribution >= 0.6 is 38.6 Å². The SMILES string of the molecule is Brc1ccc([Si](c2ccccc2)(c2ccccc2)c2ccc(-c3cccc4c3sc3ccccc34)cc2)cc1.c1ccc([Si](c2ccccc2)(c2ccc(-c3cccc4c3sc3ccccc34)cc2)c2ccc(-n3c4ccccc4c4cc(-n5c6ccccc6c6ccccc65)ccc43)cc2)cc1.c1ccc2c(c1)[nH]c1ccc(-n3c4ccccc4c4ccccc43)cc12. The maximum Gasteiger partial charge on any atom is 0.179 e.